The van der Waals surface area contributed by atoms with Crippen molar-refractivity contribution >= 4 is 11.6 Å². The first kappa shape index (κ1) is 12.6. The highest BCUT2D eigenvalue weighted by atomic mass is 16.1. The van der Waals surface area contributed by atoms with Gasteiger partial charge in [-0.25, -0.2) is 0 Å². The third kappa shape index (κ3) is 2.99. The molecule has 1 aromatic rings. The number of anilines is 1. The average Bonchev–Trinajstić information content (AvgIpc) is 2.28. The van der Waals surface area contributed by atoms with E-state index in [1.807, 2.05) is 45.2 Å². The molecule has 0 spiro atoms. The minimum Gasteiger partial charge on any atom is -0.387 e. The molecule has 0 fully saturated rings. The molecule has 3 nitrogen and oxygen atoms in total. The smallest absolute Gasteiger partial charge is 0.253 e. The van der Waals surface area contributed by atoms with Gasteiger partial charge in [-0.15, -0.1) is 0 Å². The second-order valence-corrected chi connectivity index (χ2v) is 4.49. The maximum atomic E-state index is 12.0. The van der Waals surface area contributed by atoms with Crippen molar-refractivity contribution < 1.29 is 4.79 Å². The Labute approximate surface area is 97.2 Å². The molecular weight excluding hydrogens is 200 g/mol. The summed E-state index contributed by atoms with van der Waals surface area (Å²) < 4.78 is 0. The molecule has 0 bridgehead atoms. The number of carbonyl (C=O) groups is 1. The molecule has 1 rings (SSSR count). The van der Waals surface area contributed by atoms with Crippen molar-refractivity contribution in [1.29, 1.82) is 0 Å². The van der Waals surface area contributed by atoms with Gasteiger partial charge in [-0.3, -0.25) is 4.79 Å². The Bertz CT molecular complexity index is 372. The van der Waals surface area contributed by atoms with Crippen LogP contribution in [0.25, 0.3) is 0 Å². The maximum absolute atomic E-state index is 12.0. The molecule has 0 heterocycles. The van der Waals surface area contributed by atoms with E-state index in [9.17, 15) is 4.79 Å². The number of para-hydroxylation sites is 1. The van der Waals surface area contributed by atoms with Crippen LogP contribution in [0.5, 0.6) is 0 Å². The Balaban J connectivity index is 2.88. The molecule has 0 atom stereocenters. The summed E-state index contributed by atoms with van der Waals surface area (Å²) in [5, 5.41) is 6.04. The molecule has 3 heteroatoms. The highest BCUT2D eigenvalue weighted by Gasteiger charge is 2.19. The van der Waals surface area contributed by atoms with E-state index < -0.39 is 0 Å². The zero-order valence-electron chi connectivity index (χ0n) is 10.4. The number of rotatable bonds is 4. The molecule has 1 amide bonds. The number of hydrogen-bond acceptors (Lipinski definition) is 2. The van der Waals surface area contributed by atoms with E-state index in [1.165, 1.54) is 0 Å². The van der Waals surface area contributed by atoms with Crippen LogP contribution >= 0.6 is 0 Å². The summed E-state index contributed by atoms with van der Waals surface area (Å²) in [6.07, 6.45) is 0.903. The fourth-order valence-electron chi connectivity index (χ4n) is 1.36. The lowest BCUT2D eigenvalue weighted by atomic mass is 10.0. The van der Waals surface area contributed by atoms with Crippen molar-refractivity contribution in [2.45, 2.75) is 32.7 Å². The second-order valence-electron chi connectivity index (χ2n) is 4.49. The second kappa shape index (κ2) is 5.01. The molecule has 0 unspecified atom stereocenters. The summed E-state index contributed by atoms with van der Waals surface area (Å²) in [6, 6.07) is 7.50. The monoisotopic (exact) mass is 220 g/mol. The average molecular weight is 220 g/mol. The van der Waals surface area contributed by atoms with Crippen LogP contribution in [0.3, 0.4) is 0 Å². The molecule has 0 aliphatic rings. The molecular formula is C13H20N2O. The van der Waals surface area contributed by atoms with E-state index >= 15 is 0 Å². The van der Waals surface area contributed by atoms with E-state index in [4.69, 9.17) is 0 Å². The number of amides is 1. The Morgan fingerprint density at radius 2 is 1.94 bits per heavy atom. The zero-order valence-corrected chi connectivity index (χ0v) is 10.4. The third-order valence-corrected chi connectivity index (χ3v) is 2.78. The zero-order chi connectivity index (χ0) is 12.2. The van der Waals surface area contributed by atoms with E-state index in [2.05, 4.69) is 17.6 Å². The van der Waals surface area contributed by atoms with Gasteiger partial charge in [-0.2, -0.15) is 0 Å². The molecule has 1 aromatic carbocycles. The lowest BCUT2D eigenvalue weighted by Gasteiger charge is -2.25. The first-order valence-corrected chi connectivity index (χ1v) is 5.59. The van der Waals surface area contributed by atoms with Crippen LogP contribution in [0.2, 0.25) is 0 Å². The summed E-state index contributed by atoms with van der Waals surface area (Å²) in [5.74, 6) is -0.0307. The molecule has 0 aromatic heterocycles. The fourth-order valence-corrected chi connectivity index (χ4v) is 1.36. The lowest BCUT2D eigenvalue weighted by Crippen LogP contribution is -2.42. The lowest BCUT2D eigenvalue weighted by molar-refractivity contribution is 0.0912. The van der Waals surface area contributed by atoms with Crippen LogP contribution in [-0.2, 0) is 0 Å². The van der Waals surface area contributed by atoms with Gasteiger partial charge in [0.05, 0.1) is 5.56 Å². The Morgan fingerprint density at radius 3 is 2.50 bits per heavy atom. The highest BCUT2D eigenvalue weighted by molar-refractivity contribution is 5.99. The number of nitrogens with one attached hydrogen (secondary N) is 2. The van der Waals surface area contributed by atoms with Gasteiger partial charge >= 0.3 is 0 Å². The molecule has 2 N–H and O–H groups in total. The minimum atomic E-state index is -0.169. The van der Waals surface area contributed by atoms with Crippen molar-refractivity contribution in [3.05, 3.63) is 29.8 Å². The fraction of sp³-hybridized carbons (Fsp3) is 0.462. The van der Waals surface area contributed by atoms with Crippen LogP contribution in [0.15, 0.2) is 24.3 Å². The number of hydrogen-bond donors (Lipinski definition) is 2. The Morgan fingerprint density at radius 1 is 1.31 bits per heavy atom. The van der Waals surface area contributed by atoms with E-state index in [1.54, 1.807) is 0 Å². The molecule has 0 saturated carbocycles. The predicted molar refractivity (Wildman–Crippen MR) is 67.8 cm³/mol. The van der Waals surface area contributed by atoms with Crippen LogP contribution in [-0.4, -0.2) is 18.5 Å². The van der Waals surface area contributed by atoms with Crippen molar-refractivity contribution in [3.63, 3.8) is 0 Å². The Hall–Kier alpha value is -1.51. The molecule has 88 valence electrons. The van der Waals surface area contributed by atoms with Crippen molar-refractivity contribution in [3.8, 4) is 0 Å². The van der Waals surface area contributed by atoms with Gasteiger partial charge in [0.15, 0.2) is 0 Å². The van der Waals surface area contributed by atoms with Gasteiger partial charge in [0.2, 0.25) is 0 Å². The molecule has 16 heavy (non-hydrogen) atoms. The summed E-state index contributed by atoms with van der Waals surface area (Å²) in [5.41, 5.74) is 1.37. The number of carbonyl (C=O) groups excluding carboxylic acids is 1. The highest BCUT2D eigenvalue weighted by Crippen LogP contribution is 2.16. The summed E-state index contributed by atoms with van der Waals surface area (Å²) in [6.45, 7) is 6.10. The standard InChI is InChI=1S/C13H20N2O/c1-5-13(2,3)15-12(16)10-8-6-7-9-11(10)14-4/h6-9,14H,5H2,1-4H3,(H,15,16). The molecule has 0 radical (unpaired) electrons. The van der Waals surface area contributed by atoms with Crippen molar-refractivity contribution in [2.24, 2.45) is 0 Å². The normalized spacial score (nSPS) is 11.0. The molecule has 0 saturated heterocycles. The first-order valence-electron chi connectivity index (χ1n) is 5.59. The molecule has 0 aliphatic heterocycles. The van der Waals surface area contributed by atoms with Crippen molar-refractivity contribution in [2.75, 3.05) is 12.4 Å². The van der Waals surface area contributed by atoms with Gasteiger partial charge in [-0.05, 0) is 32.4 Å². The van der Waals surface area contributed by atoms with Gasteiger partial charge in [0, 0.05) is 18.3 Å². The van der Waals surface area contributed by atoms with Gasteiger partial charge in [-0.1, -0.05) is 19.1 Å². The summed E-state index contributed by atoms with van der Waals surface area (Å²) in [4.78, 5) is 12.0. The number of benzene rings is 1. The first-order chi connectivity index (χ1) is 7.50. The van der Waals surface area contributed by atoms with Crippen molar-refractivity contribution in [1.82, 2.24) is 5.32 Å². The van der Waals surface area contributed by atoms with Gasteiger partial charge in [0.25, 0.3) is 5.91 Å². The largest absolute Gasteiger partial charge is 0.387 e. The molecule has 0 aliphatic carbocycles. The van der Waals surface area contributed by atoms with E-state index in [0.29, 0.717) is 5.56 Å². The topological polar surface area (TPSA) is 41.1 Å². The van der Waals surface area contributed by atoms with Crippen LogP contribution in [0.4, 0.5) is 5.69 Å². The van der Waals surface area contributed by atoms with E-state index in [0.717, 1.165) is 12.1 Å². The third-order valence-electron chi connectivity index (χ3n) is 2.78. The summed E-state index contributed by atoms with van der Waals surface area (Å²) >= 11 is 0. The van der Waals surface area contributed by atoms with Crippen LogP contribution in [0, 0.1) is 0 Å². The minimum absolute atomic E-state index is 0.0307. The van der Waals surface area contributed by atoms with Crippen LogP contribution in [0.1, 0.15) is 37.6 Å². The van der Waals surface area contributed by atoms with E-state index in [-0.39, 0.29) is 11.4 Å². The van der Waals surface area contributed by atoms with Gasteiger partial charge in [0.1, 0.15) is 0 Å². The van der Waals surface area contributed by atoms with Crippen LogP contribution < -0.4 is 10.6 Å². The predicted octanol–water partition coefficient (Wildman–Crippen LogP) is 2.65. The summed E-state index contributed by atoms with van der Waals surface area (Å²) in [7, 11) is 1.82. The Kier molecular flexibility index (Phi) is 3.93. The quantitative estimate of drug-likeness (QED) is 0.819. The SMILES string of the molecule is CCC(C)(C)NC(=O)c1ccccc1NC. The maximum Gasteiger partial charge on any atom is 0.253 e. The van der Waals surface area contributed by atoms with Gasteiger partial charge < -0.3 is 10.6 Å².